The van der Waals surface area contributed by atoms with Crippen LogP contribution in [-0.4, -0.2) is 58.3 Å². The van der Waals surface area contributed by atoms with Crippen LogP contribution in [0.25, 0.3) is 0 Å². The molecule has 96 valence electrons. The third-order valence-electron chi connectivity index (χ3n) is 2.89. The van der Waals surface area contributed by atoms with Crippen LogP contribution in [0.1, 0.15) is 19.8 Å². The van der Waals surface area contributed by atoms with Crippen LogP contribution in [0.3, 0.4) is 0 Å². The van der Waals surface area contributed by atoms with Crippen molar-refractivity contribution in [1.29, 1.82) is 0 Å². The summed E-state index contributed by atoms with van der Waals surface area (Å²) in [6.45, 7) is 5.00. The molecule has 0 aliphatic carbocycles. The normalized spacial score (nSPS) is 20.1. The van der Waals surface area contributed by atoms with Gasteiger partial charge in [-0.2, -0.15) is 0 Å². The minimum atomic E-state index is -3.07. The van der Waals surface area contributed by atoms with E-state index in [1.165, 1.54) is 0 Å². The first-order valence-electron chi connectivity index (χ1n) is 5.93. The first kappa shape index (κ1) is 13.9. The number of likely N-dealkylation sites (tertiary alicyclic amines) is 1. The maximum atomic E-state index is 11.4. The summed E-state index contributed by atoms with van der Waals surface area (Å²) in [7, 11) is -0.949. The van der Waals surface area contributed by atoms with Crippen LogP contribution in [0.4, 0.5) is 0 Å². The highest BCUT2D eigenvalue weighted by atomic mass is 32.2. The monoisotopic (exact) mass is 249 g/mol. The fourth-order valence-electron chi connectivity index (χ4n) is 1.90. The minimum absolute atomic E-state index is 0.174. The summed E-state index contributed by atoms with van der Waals surface area (Å²) < 4.78 is 25.2. The standard InChI is InChI=1S/C10H23N3O2S/c1-3-12-16(14,15)9-6-11-10-4-7-13(2)8-5-10/h10-12H,3-9H2,1-2H3. The second kappa shape index (κ2) is 6.54. The van der Waals surface area contributed by atoms with E-state index in [1.807, 2.05) is 0 Å². The van der Waals surface area contributed by atoms with Crippen LogP contribution in [0.15, 0.2) is 0 Å². The molecule has 0 bridgehead atoms. The molecule has 0 aromatic carbocycles. The predicted octanol–water partition coefficient (Wildman–Crippen LogP) is -0.390. The van der Waals surface area contributed by atoms with Gasteiger partial charge in [-0.25, -0.2) is 13.1 Å². The fourth-order valence-corrected chi connectivity index (χ4v) is 2.87. The summed E-state index contributed by atoms with van der Waals surface area (Å²) in [6, 6.07) is 0.480. The summed E-state index contributed by atoms with van der Waals surface area (Å²) in [4.78, 5) is 2.30. The number of piperidine rings is 1. The molecule has 0 aromatic rings. The van der Waals surface area contributed by atoms with E-state index < -0.39 is 10.0 Å². The molecular weight excluding hydrogens is 226 g/mol. The molecule has 6 heteroatoms. The summed E-state index contributed by atoms with van der Waals surface area (Å²) in [5.74, 6) is 0.174. The number of hydrogen-bond acceptors (Lipinski definition) is 4. The number of rotatable bonds is 6. The Morgan fingerprint density at radius 3 is 2.50 bits per heavy atom. The third kappa shape index (κ3) is 5.25. The van der Waals surface area contributed by atoms with Gasteiger partial charge in [-0.3, -0.25) is 0 Å². The maximum absolute atomic E-state index is 11.4. The lowest BCUT2D eigenvalue weighted by atomic mass is 10.1. The van der Waals surface area contributed by atoms with Crippen molar-refractivity contribution < 1.29 is 8.42 Å². The zero-order chi connectivity index (χ0) is 12.0. The second-order valence-corrected chi connectivity index (χ2v) is 6.27. The molecular formula is C10H23N3O2S. The van der Waals surface area contributed by atoms with Gasteiger partial charge in [0, 0.05) is 19.1 Å². The van der Waals surface area contributed by atoms with Crippen molar-refractivity contribution in [3.05, 3.63) is 0 Å². The first-order chi connectivity index (χ1) is 7.53. The van der Waals surface area contributed by atoms with Crippen LogP contribution in [0, 0.1) is 0 Å². The zero-order valence-corrected chi connectivity index (χ0v) is 11.0. The highest BCUT2D eigenvalue weighted by Gasteiger charge is 2.16. The lowest BCUT2D eigenvalue weighted by Gasteiger charge is -2.29. The summed E-state index contributed by atoms with van der Waals surface area (Å²) >= 11 is 0. The van der Waals surface area contributed by atoms with Crippen molar-refractivity contribution in [2.24, 2.45) is 0 Å². The molecule has 0 spiro atoms. The molecule has 1 aliphatic heterocycles. The van der Waals surface area contributed by atoms with E-state index in [1.54, 1.807) is 6.92 Å². The Labute approximate surface area is 98.6 Å². The average Bonchev–Trinajstić information content (AvgIpc) is 2.20. The zero-order valence-electron chi connectivity index (χ0n) is 10.2. The van der Waals surface area contributed by atoms with E-state index in [4.69, 9.17) is 0 Å². The maximum Gasteiger partial charge on any atom is 0.212 e. The van der Waals surface area contributed by atoms with Crippen molar-refractivity contribution in [3.63, 3.8) is 0 Å². The van der Waals surface area contributed by atoms with Gasteiger partial charge < -0.3 is 10.2 Å². The van der Waals surface area contributed by atoms with Crippen LogP contribution in [-0.2, 0) is 10.0 Å². The van der Waals surface area contributed by atoms with Gasteiger partial charge in [0.2, 0.25) is 10.0 Å². The van der Waals surface area contributed by atoms with Gasteiger partial charge in [0.1, 0.15) is 0 Å². The SMILES string of the molecule is CCNS(=O)(=O)CCNC1CCN(C)CC1. The lowest BCUT2D eigenvalue weighted by Crippen LogP contribution is -2.43. The van der Waals surface area contributed by atoms with Crippen molar-refractivity contribution in [3.8, 4) is 0 Å². The van der Waals surface area contributed by atoms with Crippen LogP contribution < -0.4 is 10.0 Å². The summed E-state index contributed by atoms with van der Waals surface area (Å²) in [6.07, 6.45) is 2.22. The van der Waals surface area contributed by atoms with Crippen molar-refractivity contribution >= 4 is 10.0 Å². The van der Waals surface area contributed by atoms with Crippen molar-refractivity contribution in [2.75, 3.05) is 39.0 Å². The molecule has 1 fully saturated rings. The second-order valence-electron chi connectivity index (χ2n) is 4.35. The first-order valence-corrected chi connectivity index (χ1v) is 7.58. The van der Waals surface area contributed by atoms with Crippen molar-refractivity contribution in [2.45, 2.75) is 25.8 Å². The quantitative estimate of drug-likeness (QED) is 0.673. The van der Waals surface area contributed by atoms with Crippen molar-refractivity contribution in [1.82, 2.24) is 14.9 Å². The number of nitrogens with one attached hydrogen (secondary N) is 2. The topological polar surface area (TPSA) is 61.4 Å². The van der Waals surface area contributed by atoms with Gasteiger partial charge >= 0.3 is 0 Å². The van der Waals surface area contributed by atoms with E-state index in [2.05, 4.69) is 22.0 Å². The molecule has 1 heterocycles. The van der Waals surface area contributed by atoms with Gasteiger partial charge in [-0.15, -0.1) is 0 Å². The molecule has 0 saturated carbocycles. The number of nitrogens with zero attached hydrogens (tertiary/aromatic N) is 1. The van der Waals surface area contributed by atoms with Crippen LogP contribution in [0.2, 0.25) is 0 Å². The molecule has 0 unspecified atom stereocenters. The molecule has 1 saturated heterocycles. The van der Waals surface area contributed by atoms with Gasteiger partial charge in [0.25, 0.3) is 0 Å². The van der Waals surface area contributed by atoms with Crippen LogP contribution in [0.5, 0.6) is 0 Å². The molecule has 1 rings (SSSR count). The van der Waals surface area contributed by atoms with E-state index >= 15 is 0 Å². The Hall–Kier alpha value is -0.170. The molecule has 0 aromatic heterocycles. The Bertz CT molecular complexity index is 284. The smallest absolute Gasteiger partial charge is 0.212 e. The van der Waals surface area contributed by atoms with E-state index in [9.17, 15) is 8.42 Å². The molecule has 0 atom stereocenters. The minimum Gasteiger partial charge on any atom is -0.313 e. The Balaban J connectivity index is 2.16. The third-order valence-corrected chi connectivity index (χ3v) is 4.36. The Morgan fingerprint density at radius 2 is 1.94 bits per heavy atom. The molecule has 0 amide bonds. The van der Waals surface area contributed by atoms with Gasteiger partial charge in [0.05, 0.1) is 5.75 Å². The fraction of sp³-hybridized carbons (Fsp3) is 1.00. The Kier molecular flexibility index (Phi) is 5.68. The van der Waals surface area contributed by atoms with Gasteiger partial charge in [-0.1, -0.05) is 6.92 Å². The van der Waals surface area contributed by atoms with Gasteiger partial charge in [-0.05, 0) is 33.0 Å². The molecule has 0 radical (unpaired) electrons. The number of hydrogen-bond donors (Lipinski definition) is 2. The Morgan fingerprint density at radius 1 is 1.31 bits per heavy atom. The van der Waals surface area contributed by atoms with Gasteiger partial charge in [0.15, 0.2) is 0 Å². The largest absolute Gasteiger partial charge is 0.313 e. The van der Waals surface area contributed by atoms with E-state index in [0.717, 1.165) is 25.9 Å². The lowest BCUT2D eigenvalue weighted by molar-refractivity contribution is 0.236. The average molecular weight is 249 g/mol. The van der Waals surface area contributed by atoms with Crippen LogP contribution >= 0.6 is 0 Å². The molecule has 1 aliphatic rings. The van der Waals surface area contributed by atoms with E-state index in [-0.39, 0.29) is 5.75 Å². The number of sulfonamides is 1. The molecule has 5 nitrogen and oxygen atoms in total. The molecule has 2 N–H and O–H groups in total. The molecule has 16 heavy (non-hydrogen) atoms. The van der Waals surface area contributed by atoms with E-state index in [0.29, 0.717) is 19.1 Å². The predicted molar refractivity (Wildman–Crippen MR) is 66.0 cm³/mol. The summed E-state index contributed by atoms with van der Waals surface area (Å²) in [5.41, 5.74) is 0. The highest BCUT2D eigenvalue weighted by molar-refractivity contribution is 7.89. The highest BCUT2D eigenvalue weighted by Crippen LogP contribution is 2.07. The summed E-state index contributed by atoms with van der Waals surface area (Å²) in [5, 5.41) is 3.31.